The topological polar surface area (TPSA) is 54.3 Å². The average molecular weight is 402 g/mol. The number of hydrogen-bond acceptors (Lipinski definition) is 2. The lowest BCUT2D eigenvalue weighted by molar-refractivity contribution is -0.131. The van der Waals surface area contributed by atoms with Crippen LogP contribution in [-0.4, -0.2) is 40.9 Å². The highest BCUT2D eigenvalue weighted by Gasteiger charge is 2.17. The van der Waals surface area contributed by atoms with Gasteiger partial charge < -0.3 is 14.8 Å². The molecule has 0 saturated carbocycles. The Labute approximate surface area is 171 Å². The molecule has 0 aliphatic carbocycles. The third-order valence-corrected chi connectivity index (χ3v) is 5.64. The molecule has 1 N–H and O–H groups in total. The van der Waals surface area contributed by atoms with E-state index in [0.717, 1.165) is 43.0 Å². The molecule has 2 heterocycles. The molecule has 1 saturated heterocycles. The van der Waals surface area contributed by atoms with E-state index >= 15 is 0 Å². The second kappa shape index (κ2) is 9.28. The molecule has 2 aromatic rings. The molecule has 150 valence electrons. The van der Waals surface area contributed by atoms with Crippen LogP contribution in [0.1, 0.15) is 53.8 Å². The summed E-state index contributed by atoms with van der Waals surface area (Å²) in [6.45, 7) is 6.02. The number of aryl methyl sites for hydroxylation is 2. The molecule has 1 fully saturated rings. The zero-order valence-corrected chi connectivity index (χ0v) is 17.4. The van der Waals surface area contributed by atoms with Gasteiger partial charge in [0.2, 0.25) is 5.91 Å². The summed E-state index contributed by atoms with van der Waals surface area (Å²) in [4.78, 5) is 26.9. The Balaban J connectivity index is 1.62. The van der Waals surface area contributed by atoms with Gasteiger partial charge >= 0.3 is 0 Å². The van der Waals surface area contributed by atoms with E-state index in [9.17, 15) is 9.59 Å². The zero-order valence-electron chi connectivity index (χ0n) is 16.6. The SMILES string of the molecule is Cc1ccc(C)n1-c1ccc(Cl)c(C(=O)NCCC(=O)N2CCCCCC2)c1. The molecular weight excluding hydrogens is 374 g/mol. The van der Waals surface area contributed by atoms with Crippen molar-refractivity contribution in [3.05, 3.63) is 52.3 Å². The van der Waals surface area contributed by atoms with Crippen LogP contribution in [0.15, 0.2) is 30.3 Å². The number of amides is 2. The van der Waals surface area contributed by atoms with Crippen LogP contribution in [0.2, 0.25) is 5.02 Å². The van der Waals surface area contributed by atoms with Gasteiger partial charge in [0.15, 0.2) is 0 Å². The number of rotatable bonds is 5. The van der Waals surface area contributed by atoms with Crippen molar-refractivity contribution >= 4 is 23.4 Å². The first-order valence-corrected chi connectivity index (χ1v) is 10.4. The van der Waals surface area contributed by atoms with Crippen molar-refractivity contribution in [3.63, 3.8) is 0 Å². The Morgan fingerprint density at radius 3 is 2.29 bits per heavy atom. The van der Waals surface area contributed by atoms with Crippen LogP contribution in [0.4, 0.5) is 0 Å². The Bertz CT molecular complexity index is 832. The fourth-order valence-corrected chi connectivity index (χ4v) is 3.96. The van der Waals surface area contributed by atoms with Gasteiger partial charge in [-0.1, -0.05) is 24.4 Å². The normalized spacial score (nSPS) is 14.6. The molecule has 5 nitrogen and oxygen atoms in total. The number of aromatic nitrogens is 1. The van der Waals surface area contributed by atoms with Crippen LogP contribution in [0.25, 0.3) is 5.69 Å². The summed E-state index contributed by atoms with van der Waals surface area (Å²) < 4.78 is 2.08. The van der Waals surface area contributed by atoms with Gasteiger partial charge in [0.25, 0.3) is 5.91 Å². The molecule has 3 rings (SSSR count). The summed E-state index contributed by atoms with van der Waals surface area (Å²) in [6, 6.07) is 9.53. The predicted octanol–water partition coefficient (Wildman–Crippen LogP) is 4.27. The maximum Gasteiger partial charge on any atom is 0.252 e. The summed E-state index contributed by atoms with van der Waals surface area (Å²) in [5.41, 5.74) is 3.51. The maximum absolute atomic E-state index is 12.6. The molecule has 0 spiro atoms. The predicted molar refractivity (Wildman–Crippen MR) is 112 cm³/mol. The monoisotopic (exact) mass is 401 g/mol. The molecule has 1 aliphatic rings. The highest BCUT2D eigenvalue weighted by molar-refractivity contribution is 6.33. The van der Waals surface area contributed by atoms with Gasteiger partial charge in [-0.15, -0.1) is 0 Å². The highest BCUT2D eigenvalue weighted by atomic mass is 35.5. The molecule has 0 atom stereocenters. The van der Waals surface area contributed by atoms with Gasteiger partial charge in [0, 0.05) is 43.1 Å². The van der Waals surface area contributed by atoms with E-state index in [1.165, 1.54) is 12.8 Å². The first kappa shape index (κ1) is 20.5. The largest absolute Gasteiger partial charge is 0.351 e. The number of nitrogens with one attached hydrogen (secondary N) is 1. The van der Waals surface area contributed by atoms with E-state index in [-0.39, 0.29) is 11.8 Å². The van der Waals surface area contributed by atoms with Crippen molar-refractivity contribution in [1.82, 2.24) is 14.8 Å². The number of benzene rings is 1. The number of carbonyl (C=O) groups is 2. The van der Waals surface area contributed by atoms with E-state index in [4.69, 9.17) is 11.6 Å². The van der Waals surface area contributed by atoms with Gasteiger partial charge in [0.05, 0.1) is 10.6 Å². The first-order valence-electron chi connectivity index (χ1n) is 9.98. The molecule has 1 aromatic heterocycles. The van der Waals surface area contributed by atoms with Crippen molar-refractivity contribution in [2.45, 2.75) is 46.0 Å². The molecular formula is C22H28ClN3O2. The molecule has 0 bridgehead atoms. The summed E-state index contributed by atoms with van der Waals surface area (Å²) >= 11 is 6.27. The molecule has 2 amide bonds. The summed E-state index contributed by atoms with van der Waals surface area (Å²) in [5.74, 6) is -0.140. The molecule has 1 aliphatic heterocycles. The second-order valence-electron chi connectivity index (χ2n) is 7.42. The van der Waals surface area contributed by atoms with Crippen LogP contribution >= 0.6 is 11.6 Å². The number of nitrogens with zero attached hydrogens (tertiary/aromatic N) is 2. The minimum absolute atomic E-state index is 0.112. The van der Waals surface area contributed by atoms with Crippen LogP contribution in [0, 0.1) is 13.8 Å². The quantitative estimate of drug-likeness (QED) is 0.813. The Kier molecular flexibility index (Phi) is 6.79. The minimum atomic E-state index is -0.252. The van der Waals surface area contributed by atoms with E-state index in [1.54, 1.807) is 12.1 Å². The molecule has 1 aromatic carbocycles. The number of hydrogen-bond donors (Lipinski definition) is 1. The van der Waals surface area contributed by atoms with Crippen LogP contribution in [-0.2, 0) is 4.79 Å². The van der Waals surface area contributed by atoms with Crippen LogP contribution in [0.3, 0.4) is 0 Å². The Morgan fingerprint density at radius 2 is 1.64 bits per heavy atom. The molecule has 6 heteroatoms. The van der Waals surface area contributed by atoms with E-state index in [2.05, 4.69) is 9.88 Å². The summed E-state index contributed by atoms with van der Waals surface area (Å²) in [7, 11) is 0. The van der Waals surface area contributed by atoms with Crippen molar-refractivity contribution in [2.24, 2.45) is 0 Å². The average Bonchev–Trinajstić information content (AvgIpc) is 2.88. The minimum Gasteiger partial charge on any atom is -0.351 e. The number of halogens is 1. The third kappa shape index (κ3) is 4.76. The lowest BCUT2D eigenvalue weighted by atomic mass is 10.1. The van der Waals surface area contributed by atoms with Crippen molar-refractivity contribution < 1.29 is 9.59 Å². The third-order valence-electron chi connectivity index (χ3n) is 5.31. The summed E-state index contributed by atoms with van der Waals surface area (Å²) in [5, 5.41) is 3.25. The summed E-state index contributed by atoms with van der Waals surface area (Å²) in [6.07, 6.45) is 4.84. The lowest BCUT2D eigenvalue weighted by Gasteiger charge is -2.20. The smallest absolute Gasteiger partial charge is 0.252 e. The van der Waals surface area contributed by atoms with Gasteiger partial charge in [-0.25, -0.2) is 0 Å². The van der Waals surface area contributed by atoms with Crippen molar-refractivity contribution in [1.29, 1.82) is 0 Å². The van der Waals surface area contributed by atoms with Crippen molar-refractivity contribution in [2.75, 3.05) is 19.6 Å². The Morgan fingerprint density at radius 1 is 1.00 bits per heavy atom. The maximum atomic E-state index is 12.6. The second-order valence-corrected chi connectivity index (χ2v) is 7.82. The van der Waals surface area contributed by atoms with Gasteiger partial charge in [0.1, 0.15) is 0 Å². The fourth-order valence-electron chi connectivity index (χ4n) is 3.76. The highest BCUT2D eigenvalue weighted by Crippen LogP contribution is 2.23. The van der Waals surface area contributed by atoms with E-state index in [0.29, 0.717) is 23.6 Å². The standard InChI is InChI=1S/C22H28ClN3O2/c1-16-7-8-17(2)26(16)18-9-10-20(23)19(15-18)22(28)24-12-11-21(27)25-13-5-3-4-6-14-25/h7-10,15H,3-6,11-14H2,1-2H3,(H,24,28). The van der Waals surface area contributed by atoms with E-state index < -0.39 is 0 Å². The van der Waals surface area contributed by atoms with Gasteiger partial charge in [-0.2, -0.15) is 0 Å². The lowest BCUT2D eigenvalue weighted by Crippen LogP contribution is -2.35. The van der Waals surface area contributed by atoms with Crippen LogP contribution < -0.4 is 5.32 Å². The van der Waals surface area contributed by atoms with E-state index in [1.807, 2.05) is 36.9 Å². The number of likely N-dealkylation sites (tertiary alicyclic amines) is 1. The molecule has 0 unspecified atom stereocenters. The van der Waals surface area contributed by atoms with Crippen molar-refractivity contribution in [3.8, 4) is 5.69 Å². The fraction of sp³-hybridized carbons (Fsp3) is 0.455. The first-order chi connectivity index (χ1) is 13.5. The number of carbonyl (C=O) groups excluding carboxylic acids is 2. The van der Waals surface area contributed by atoms with Gasteiger partial charge in [-0.3, -0.25) is 9.59 Å². The van der Waals surface area contributed by atoms with Gasteiger partial charge in [-0.05, 0) is 57.0 Å². The van der Waals surface area contributed by atoms with Crippen LogP contribution in [0.5, 0.6) is 0 Å². The molecule has 0 radical (unpaired) electrons. The Hall–Kier alpha value is -2.27. The zero-order chi connectivity index (χ0) is 20.1. The molecule has 28 heavy (non-hydrogen) atoms.